The Hall–Kier alpha value is -2.96. The van der Waals surface area contributed by atoms with Crippen LogP contribution in [0.3, 0.4) is 0 Å². The fourth-order valence-electron chi connectivity index (χ4n) is 2.24. The number of anilines is 2. The molecule has 0 saturated carbocycles. The number of rotatable bonds is 7. The topological polar surface area (TPSA) is 67.4 Å². The van der Waals surface area contributed by atoms with Crippen molar-refractivity contribution in [3.8, 4) is 5.75 Å². The number of hydrogen-bond acceptors (Lipinski definition) is 3. The molecule has 0 saturated heterocycles. The van der Waals surface area contributed by atoms with Crippen molar-refractivity contribution >= 4 is 23.2 Å². The molecule has 2 rings (SSSR count). The summed E-state index contributed by atoms with van der Waals surface area (Å²) in [6.07, 6.45) is 0.426. The van der Waals surface area contributed by atoms with Crippen molar-refractivity contribution in [3.05, 3.63) is 54.1 Å². The molecular formula is C19H20F2N2O3. The van der Waals surface area contributed by atoms with E-state index in [1.807, 2.05) is 13.8 Å². The van der Waals surface area contributed by atoms with Crippen LogP contribution in [-0.4, -0.2) is 18.4 Å². The van der Waals surface area contributed by atoms with E-state index in [-0.39, 0.29) is 23.1 Å². The molecule has 2 N–H and O–H groups in total. The lowest BCUT2D eigenvalue weighted by Crippen LogP contribution is -2.14. The van der Waals surface area contributed by atoms with Crippen molar-refractivity contribution in [2.24, 2.45) is 5.92 Å². The Morgan fingerprint density at radius 1 is 1.00 bits per heavy atom. The summed E-state index contributed by atoms with van der Waals surface area (Å²) >= 11 is 0. The number of carbonyl (C=O) groups is 2. The smallest absolute Gasteiger partial charge is 0.387 e. The largest absolute Gasteiger partial charge is 0.435 e. The fraction of sp³-hybridized carbons (Fsp3) is 0.263. The molecule has 0 spiro atoms. The van der Waals surface area contributed by atoms with Gasteiger partial charge < -0.3 is 15.4 Å². The monoisotopic (exact) mass is 362 g/mol. The summed E-state index contributed by atoms with van der Waals surface area (Å²) in [5.41, 5.74) is 1.33. The molecule has 0 aliphatic carbocycles. The molecule has 0 aliphatic heterocycles. The molecule has 0 atom stereocenters. The van der Waals surface area contributed by atoms with Gasteiger partial charge in [0.25, 0.3) is 5.91 Å². The van der Waals surface area contributed by atoms with Gasteiger partial charge in [-0.3, -0.25) is 9.59 Å². The van der Waals surface area contributed by atoms with Gasteiger partial charge in [0.15, 0.2) is 0 Å². The lowest BCUT2D eigenvalue weighted by molar-refractivity contribution is -0.116. The van der Waals surface area contributed by atoms with E-state index >= 15 is 0 Å². The third kappa shape index (κ3) is 6.16. The predicted molar refractivity (Wildman–Crippen MR) is 95.6 cm³/mol. The summed E-state index contributed by atoms with van der Waals surface area (Å²) in [5, 5.41) is 5.43. The van der Waals surface area contributed by atoms with Gasteiger partial charge in [0.05, 0.1) is 0 Å². The van der Waals surface area contributed by atoms with E-state index in [4.69, 9.17) is 0 Å². The lowest BCUT2D eigenvalue weighted by Gasteiger charge is -2.10. The molecule has 0 heterocycles. The Bertz CT molecular complexity index is 762. The van der Waals surface area contributed by atoms with Crippen LogP contribution in [0.2, 0.25) is 0 Å². The Balaban J connectivity index is 1.98. The number of nitrogens with one attached hydrogen (secondary N) is 2. The maximum Gasteiger partial charge on any atom is 0.387 e. The quantitative estimate of drug-likeness (QED) is 0.761. The van der Waals surface area contributed by atoms with E-state index in [0.717, 1.165) is 0 Å². The number of hydrogen-bond donors (Lipinski definition) is 2. The number of carbonyl (C=O) groups excluding carboxylic acids is 2. The summed E-state index contributed by atoms with van der Waals surface area (Å²) in [4.78, 5) is 23.9. The van der Waals surface area contributed by atoms with E-state index in [0.29, 0.717) is 17.8 Å². The summed E-state index contributed by atoms with van der Waals surface area (Å²) in [5.74, 6) is -0.358. The van der Waals surface area contributed by atoms with E-state index in [2.05, 4.69) is 15.4 Å². The first kappa shape index (κ1) is 19.4. The fourth-order valence-corrected chi connectivity index (χ4v) is 2.24. The average molecular weight is 362 g/mol. The standard InChI is InChI=1S/C19H20F2N2O3/c1-12(2)10-17(24)22-14-6-8-15(9-7-14)23-18(25)13-4-3-5-16(11-13)26-19(20)21/h3-9,11-12,19H,10H2,1-2H3,(H,22,24)(H,23,25). The zero-order chi connectivity index (χ0) is 19.1. The van der Waals surface area contributed by atoms with Crippen LogP contribution >= 0.6 is 0 Å². The highest BCUT2D eigenvalue weighted by atomic mass is 19.3. The second-order valence-electron chi connectivity index (χ2n) is 6.08. The molecule has 26 heavy (non-hydrogen) atoms. The molecule has 7 heteroatoms. The highest BCUT2D eigenvalue weighted by Crippen LogP contribution is 2.19. The number of alkyl halides is 2. The van der Waals surface area contributed by atoms with Gasteiger partial charge in [0, 0.05) is 23.4 Å². The second-order valence-corrected chi connectivity index (χ2v) is 6.08. The van der Waals surface area contributed by atoms with Gasteiger partial charge in [-0.15, -0.1) is 0 Å². The van der Waals surface area contributed by atoms with E-state index in [9.17, 15) is 18.4 Å². The average Bonchev–Trinajstić information content (AvgIpc) is 2.55. The molecule has 0 bridgehead atoms. The molecule has 0 unspecified atom stereocenters. The van der Waals surface area contributed by atoms with Crippen LogP contribution in [0, 0.1) is 5.92 Å². The minimum atomic E-state index is -2.95. The lowest BCUT2D eigenvalue weighted by atomic mass is 10.1. The van der Waals surface area contributed by atoms with Crippen molar-refractivity contribution in [2.45, 2.75) is 26.9 Å². The summed E-state index contributed by atoms with van der Waals surface area (Å²) < 4.78 is 28.8. The first-order chi connectivity index (χ1) is 12.3. The van der Waals surface area contributed by atoms with Gasteiger partial charge in [-0.2, -0.15) is 8.78 Å². The zero-order valence-electron chi connectivity index (χ0n) is 14.5. The number of amides is 2. The van der Waals surface area contributed by atoms with Crippen molar-refractivity contribution in [2.75, 3.05) is 10.6 Å². The highest BCUT2D eigenvalue weighted by Gasteiger charge is 2.10. The Labute approximate surface area is 150 Å². The summed E-state index contributed by atoms with van der Waals surface area (Å²) in [6, 6.07) is 12.2. The first-order valence-electron chi connectivity index (χ1n) is 8.09. The van der Waals surface area contributed by atoms with Crippen LogP contribution in [0.1, 0.15) is 30.6 Å². The third-order valence-electron chi connectivity index (χ3n) is 3.34. The summed E-state index contributed by atoms with van der Waals surface area (Å²) in [7, 11) is 0. The van der Waals surface area contributed by atoms with Crippen LogP contribution in [0.15, 0.2) is 48.5 Å². The van der Waals surface area contributed by atoms with E-state index in [1.165, 1.54) is 24.3 Å². The Morgan fingerprint density at radius 2 is 1.62 bits per heavy atom. The molecule has 2 aromatic carbocycles. The van der Waals surface area contributed by atoms with Gasteiger partial charge in [-0.25, -0.2) is 0 Å². The Kier molecular flexibility index (Phi) is 6.66. The minimum Gasteiger partial charge on any atom is -0.435 e. The van der Waals surface area contributed by atoms with E-state index in [1.54, 1.807) is 24.3 Å². The van der Waals surface area contributed by atoms with Crippen molar-refractivity contribution in [1.29, 1.82) is 0 Å². The van der Waals surface area contributed by atoms with Gasteiger partial charge in [-0.1, -0.05) is 19.9 Å². The molecular weight excluding hydrogens is 342 g/mol. The third-order valence-corrected chi connectivity index (χ3v) is 3.34. The molecule has 0 aliphatic rings. The SMILES string of the molecule is CC(C)CC(=O)Nc1ccc(NC(=O)c2cccc(OC(F)F)c2)cc1. The predicted octanol–water partition coefficient (Wildman–Crippen LogP) is 4.52. The van der Waals surface area contributed by atoms with Crippen molar-refractivity contribution < 1.29 is 23.1 Å². The van der Waals surface area contributed by atoms with Gasteiger partial charge in [-0.05, 0) is 48.4 Å². The first-order valence-corrected chi connectivity index (χ1v) is 8.09. The number of benzene rings is 2. The van der Waals surface area contributed by atoms with Gasteiger partial charge >= 0.3 is 6.61 Å². The van der Waals surface area contributed by atoms with E-state index < -0.39 is 12.5 Å². The van der Waals surface area contributed by atoms with Gasteiger partial charge in [0.1, 0.15) is 5.75 Å². The van der Waals surface area contributed by atoms with Crippen molar-refractivity contribution in [3.63, 3.8) is 0 Å². The normalized spacial score (nSPS) is 10.7. The highest BCUT2D eigenvalue weighted by molar-refractivity contribution is 6.04. The maximum atomic E-state index is 12.2. The molecule has 0 aromatic heterocycles. The van der Waals surface area contributed by atoms with Crippen LogP contribution in [-0.2, 0) is 4.79 Å². The molecule has 0 radical (unpaired) electrons. The summed E-state index contributed by atoms with van der Waals surface area (Å²) in [6.45, 7) is 0.964. The molecule has 5 nitrogen and oxygen atoms in total. The van der Waals surface area contributed by atoms with Gasteiger partial charge in [0.2, 0.25) is 5.91 Å². The molecule has 2 aromatic rings. The Morgan fingerprint density at radius 3 is 2.19 bits per heavy atom. The van der Waals surface area contributed by atoms with Crippen molar-refractivity contribution in [1.82, 2.24) is 0 Å². The number of ether oxygens (including phenoxy) is 1. The maximum absolute atomic E-state index is 12.2. The minimum absolute atomic E-state index is 0.0763. The van der Waals surface area contributed by atoms with Crippen LogP contribution in [0.25, 0.3) is 0 Å². The van der Waals surface area contributed by atoms with Crippen LogP contribution in [0.4, 0.5) is 20.2 Å². The number of halogens is 2. The second kappa shape index (κ2) is 8.94. The zero-order valence-corrected chi connectivity index (χ0v) is 14.5. The molecule has 2 amide bonds. The molecule has 0 fully saturated rings. The molecule has 138 valence electrons. The van der Waals surface area contributed by atoms with Crippen LogP contribution in [0.5, 0.6) is 5.75 Å². The van der Waals surface area contributed by atoms with Crippen LogP contribution < -0.4 is 15.4 Å².